The van der Waals surface area contributed by atoms with Crippen LogP contribution >= 0.6 is 0 Å². The Hall–Kier alpha value is -0.820. The Morgan fingerprint density at radius 1 is 1.23 bits per heavy atom. The molecule has 6 nitrogen and oxygen atoms in total. The van der Waals surface area contributed by atoms with E-state index in [0.717, 1.165) is 25.7 Å². The summed E-state index contributed by atoms with van der Waals surface area (Å²) in [6.07, 6.45) is 3.39. The van der Waals surface area contributed by atoms with Crippen molar-refractivity contribution in [2.24, 2.45) is 0 Å². The van der Waals surface area contributed by atoms with Crippen molar-refractivity contribution >= 4 is 15.9 Å². The predicted octanol–water partition coefficient (Wildman–Crippen LogP) is 1.85. The zero-order chi connectivity index (χ0) is 16.8. The largest absolute Gasteiger partial charge is 0.444 e. The Kier molecular flexibility index (Phi) is 7.12. The number of rotatable bonds is 6. The maximum Gasteiger partial charge on any atom is 0.407 e. The van der Waals surface area contributed by atoms with Crippen molar-refractivity contribution in [1.29, 1.82) is 0 Å². The highest BCUT2D eigenvalue weighted by molar-refractivity contribution is 7.91. The second kappa shape index (κ2) is 8.15. The summed E-state index contributed by atoms with van der Waals surface area (Å²) < 4.78 is 28.2. The van der Waals surface area contributed by atoms with Crippen molar-refractivity contribution in [2.45, 2.75) is 71.1 Å². The molecule has 0 aromatic heterocycles. The third kappa shape index (κ3) is 7.98. The lowest BCUT2D eigenvalue weighted by Crippen LogP contribution is -2.46. The van der Waals surface area contributed by atoms with Gasteiger partial charge in [-0.1, -0.05) is 6.92 Å². The van der Waals surface area contributed by atoms with Crippen LogP contribution in [0.25, 0.3) is 0 Å². The first kappa shape index (κ1) is 19.2. The average molecular weight is 334 g/mol. The fourth-order valence-electron chi connectivity index (χ4n) is 2.54. The molecule has 0 bridgehead atoms. The summed E-state index contributed by atoms with van der Waals surface area (Å²) in [7, 11) is -2.93. The van der Waals surface area contributed by atoms with Gasteiger partial charge in [0.15, 0.2) is 9.84 Å². The van der Waals surface area contributed by atoms with E-state index in [-0.39, 0.29) is 29.7 Å². The van der Waals surface area contributed by atoms with E-state index < -0.39 is 15.4 Å². The van der Waals surface area contributed by atoms with Gasteiger partial charge in [0, 0.05) is 24.4 Å². The maximum atomic E-state index is 11.8. The standard InChI is InChI=1S/C15H30N2O4S/c1-5-22(19,20)10-9-16-12-7-6-8-13(11-12)17-14(18)21-15(2,3)4/h12-13,16H,5-11H2,1-4H3,(H,17,18). The smallest absolute Gasteiger partial charge is 0.407 e. The van der Waals surface area contributed by atoms with Crippen molar-refractivity contribution in [1.82, 2.24) is 10.6 Å². The summed E-state index contributed by atoms with van der Waals surface area (Å²) in [4.78, 5) is 11.8. The number of hydrogen-bond donors (Lipinski definition) is 2. The topological polar surface area (TPSA) is 84.5 Å². The lowest BCUT2D eigenvalue weighted by molar-refractivity contribution is 0.0489. The number of nitrogens with one attached hydrogen (secondary N) is 2. The highest BCUT2D eigenvalue weighted by Gasteiger charge is 2.25. The van der Waals surface area contributed by atoms with Gasteiger partial charge >= 0.3 is 6.09 Å². The third-order valence-corrected chi connectivity index (χ3v) is 5.39. The molecule has 2 N–H and O–H groups in total. The normalized spacial score (nSPS) is 23.1. The Bertz CT molecular complexity index is 457. The molecule has 0 aliphatic heterocycles. The number of hydrogen-bond acceptors (Lipinski definition) is 5. The lowest BCUT2D eigenvalue weighted by Gasteiger charge is -2.31. The minimum Gasteiger partial charge on any atom is -0.444 e. The third-order valence-electron chi connectivity index (χ3n) is 3.68. The first-order valence-corrected chi connectivity index (χ1v) is 9.87. The molecule has 0 aromatic carbocycles. The summed E-state index contributed by atoms with van der Waals surface area (Å²) in [6.45, 7) is 7.65. The first-order valence-electron chi connectivity index (χ1n) is 8.04. The van der Waals surface area contributed by atoms with Crippen LogP contribution in [0.1, 0.15) is 53.4 Å². The monoisotopic (exact) mass is 334 g/mol. The summed E-state index contributed by atoms with van der Waals surface area (Å²) in [5.74, 6) is 0.354. The molecule has 1 aliphatic carbocycles. The van der Waals surface area contributed by atoms with E-state index in [1.807, 2.05) is 20.8 Å². The molecule has 0 radical (unpaired) electrons. The summed E-state index contributed by atoms with van der Waals surface area (Å²) in [5.41, 5.74) is -0.495. The van der Waals surface area contributed by atoms with Crippen LogP contribution in [0.2, 0.25) is 0 Å². The van der Waals surface area contributed by atoms with Crippen LogP contribution in [0.5, 0.6) is 0 Å². The van der Waals surface area contributed by atoms with Crippen LogP contribution in [0.4, 0.5) is 4.79 Å². The van der Waals surface area contributed by atoms with E-state index in [1.165, 1.54) is 0 Å². The van der Waals surface area contributed by atoms with Gasteiger partial charge in [-0.25, -0.2) is 13.2 Å². The van der Waals surface area contributed by atoms with Crippen molar-refractivity contribution in [3.63, 3.8) is 0 Å². The molecular formula is C15H30N2O4S. The lowest BCUT2D eigenvalue weighted by atomic mass is 9.91. The van der Waals surface area contributed by atoms with Gasteiger partial charge in [0.05, 0.1) is 5.75 Å². The Balaban J connectivity index is 2.34. The zero-order valence-corrected chi connectivity index (χ0v) is 15.0. The molecule has 1 saturated carbocycles. The van der Waals surface area contributed by atoms with Crippen molar-refractivity contribution in [3.8, 4) is 0 Å². The number of carbonyl (C=O) groups is 1. The van der Waals surface area contributed by atoms with Gasteiger partial charge < -0.3 is 15.4 Å². The number of carbonyl (C=O) groups excluding carboxylic acids is 1. The highest BCUT2D eigenvalue weighted by Crippen LogP contribution is 2.19. The second-order valence-corrected chi connectivity index (χ2v) is 9.37. The van der Waals surface area contributed by atoms with Crippen LogP contribution in [-0.4, -0.2) is 50.2 Å². The molecule has 0 aromatic rings. The fourth-order valence-corrected chi connectivity index (χ4v) is 3.26. The van der Waals surface area contributed by atoms with Crippen LogP contribution in [0.3, 0.4) is 0 Å². The average Bonchev–Trinajstić information content (AvgIpc) is 2.36. The Labute approximate surface area is 134 Å². The van der Waals surface area contributed by atoms with Crippen molar-refractivity contribution in [3.05, 3.63) is 0 Å². The maximum absolute atomic E-state index is 11.8. The van der Waals surface area contributed by atoms with Crippen LogP contribution in [-0.2, 0) is 14.6 Å². The van der Waals surface area contributed by atoms with Gasteiger partial charge in [-0.05, 0) is 46.5 Å². The number of ether oxygens (including phenoxy) is 1. The van der Waals surface area contributed by atoms with Crippen LogP contribution in [0.15, 0.2) is 0 Å². The summed E-state index contributed by atoms with van der Waals surface area (Å²) in [5, 5.41) is 6.20. The van der Waals surface area contributed by atoms with E-state index in [4.69, 9.17) is 4.74 Å². The fraction of sp³-hybridized carbons (Fsp3) is 0.933. The second-order valence-electron chi connectivity index (χ2n) is 6.90. The van der Waals surface area contributed by atoms with Gasteiger partial charge in [-0.2, -0.15) is 0 Å². The molecule has 7 heteroatoms. The summed E-state index contributed by atoms with van der Waals surface area (Å²) >= 11 is 0. The Morgan fingerprint density at radius 2 is 1.86 bits per heavy atom. The van der Waals surface area contributed by atoms with E-state index in [9.17, 15) is 13.2 Å². The molecule has 1 fully saturated rings. The zero-order valence-electron chi connectivity index (χ0n) is 14.1. The molecule has 130 valence electrons. The quantitative estimate of drug-likeness (QED) is 0.774. The van der Waals surface area contributed by atoms with Crippen LogP contribution < -0.4 is 10.6 Å². The molecule has 0 heterocycles. The van der Waals surface area contributed by atoms with Gasteiger partial charge in [0.1, 0.15) is 5.60 Å². The van der Waals surface area contributed by atoms with Gasteiger partial charge in [0.2, 0.25) is 0 Å². The number of sulfone groups is 1. The van der Waals surface area contributed by atoms with Crippen molar-refractivity contribution < 1.29 is 17.9 Å². The van der Waals surface area contributed by atoms with E-state index in [2.05, 4.69) is 10.6 Å². The molecular weight excluding hydrogens is 304 g/mol. The molecule has 2 unspecified atom stereocenters. The predicted molar refractivity (Wildman–Crippen MR) is 87.7 cm³/mol. The number of alkyl carbamates (subject to hydrolysis) is 1. The molecule has 1 amide bonds. The molecule has 2 atom stereocenters. The molecule has 1 aliphatic rings. The SMILES string of the molecule is CCS(=O)(=O)CCNC1CCCC(NC(=O)OC(C)(C)C)C1. The molecule has 0 spiro atoms. The van der Waals surface area contributed by atoms with Crippen LogP contribution in [0, 0.1) is 0 Å². The van der Waals surface area contributed by atoms with E-state index in [1.54, 1.807) is 6.92 Å². The first-order chi connectivity index (χ1) is 10.1. The van der Waals surface area contributed by atoms with E-state index >= 15 is 0 Å². The van der Waals surface area contributed by atoms with Crippen molar-refractivity contribution in [2.75, 3.05) is 18.1 Å². The number of amides is 1. The molecule has 0 saturated heterocycles. The van der Waals surface area contributed by atoms with E-state index in [0.29, 0.717) is 6.54 Å². The Morgan fingerprint density at radius 3 is 2.45 bits per heavy atom. The molecule has 1 rings (SSSR count). The van der Waals surface area contributed by atoms with Gasteiger partial charge in [-0.15, -0.1) is 0 Å². The molecule has 22 heavy (non-hydrogen) atoms. The minimum atomic E-state index is -2.93. The van der Waals surface area contributed by atoms with Gasteiger partial charge in [0.25, 0.3) is 0 Å². The van der Waals surface area contributed by atoms with Gasteiger partial charge in [-0.3, -0.25) is 0 Å². The highest BCUT2D eigenvalue weighted by atomic mass is 32.2. The minimum absolute atomic E-state index is 0.0869. The summed E-state index contributed by atoms with van der Waals surface area (Å²) in [6, 6.07) is 0.338.